The highest BCUT2D eigenvalue weighted by molar-refractivity contribution is 5.97. The van der Waals surface area contributed by atoms with Crippen molar-refractivity contribution in [1.29, 1.82) is 0 Å². The lowest BCUT2D eigenvalue weighted by atomic mass is 10.1. The van der Waals surface area contributed by atoms with Gasteiger partial charge in [-0.25, -0.2) is 9.59 Å². The van der Waals surface area contributed by atoms with E-state index in [1.807, 2.05) is 5.32 Å². The number of rotatable bonds is 6. The number of carbonyl (C=O) groups excluding carboxylic acids is 3. The molecule has 0 aromatic heterocycles. The molecular formula is C14H15N3O6. The molecule has 0 spiro atoms. The molecule has 0 saturated heterocycles. The average Bonchev–Trinajstić information content (AvgIpc) is 2.50. The first-order chi connectivity index (χ1) is 10.8. The van der Waals surface area contributed by atoms with Crippen LogP contribution in [0.3, 0.4) is 0 Å². The van der Waals surface area contributed by atoms with Gasteiger partial charge in [0.15, 0.2) is 6.61 Å². The number of imide groups is 1. The number of hydrogen-bond donors (Lipinski definition) is 2. The second-order valence-corrected chi connectivity index (χ2v) is 4.38. The summed E-state index contributed by atoms with van der Waals surface area (Å²) in [5, 5.41) is 15.0. The Morgan fingerprint density at radius 3 is 2.65 bits per heavy atom. The molecule has 3 amide bonds. The average molecular weight is 321 g/mol. The summed E-state index contributed by atoms with van der Waals surface area (Å²) in [5.41, 5.74) is 0.230. The van der Waals surface area contributed by atoms with Gasteiger partial charge in [-0.2, -0.15) is 0 Å². The summed E-state index contributed by atoms with van der Waals surface area (Å²) in [6.07, 6.45) is 1.43. The van der Waals surface area contributed by atoms with Gasteiger partial charge in [0.25, 0.3) is 11.6 Å². The van der Waals surface area contributed by atoms with Crippen LogP contribution in [0.5, 0.6) is 0 Å². The number of nitrogens with zero attached hydrogens (tertiary/aromatic N) is 1. The molecular weight excluding hydrogens is 306 g/mol. The fourth-order valence-electron chi connectivity index (χ4n) is 1.57. The summed E-state index contributed by atoms with van der Waals surface area (Å²) in [6, 6.07) is 2.95. The van der Waals surface area contributed by atoms with Gasteiger partial charge in [-0.3, -0.25) is 20.2 Å². The fourth-order valence-corrected chi connectivity index (χ4v) is 1.57. The number of aryl methyl sites for hydroxylation is 1. The number of ether oxygens (including phenoxy) is 1. The molecule has 2 N–H and O–H groups in total. The van der Waals surface area contributed by atoms with E-state index in [9.17, 15) is 24.5 Å². The lowest BCUT2D eigenvalue weighted by molar-refractivity contribution is -0.385. The van der Waals surface area contributed by atoms with Crippen LogP contribution in [0.15, 0.2) is 30.9 Å². The Bertz CT molecular complexity index is 656. The van der Waals surface area contributed by atoms with Crippen molar-refractivity contribution in [2.45, 2.75) is 6.92 Å². The van der Waals surface area contributed by atoms with Crippen LogP contribution in [0.25, 0.3) is 0 Å². The van der Waals surface area contributed by atoms with E-state index in [1.54, 1.807) is 0 Å². The molecule has 9 nitrogen and oxygen atoms in total. The molecule has 0 aliphatic heterocycles. The van der Waals surface area contributed by atoms with E-state index in [2.05, 4.69) is 11.9 Å². The Hall–Kier alpha value is -3.23. The molecule has 23 heavy (non-hydrogen) atoms. The van der Waals surface area contributed by atoms with Crippen LogP contribution >= 0.6 is 0 Å². The van der Waals surface area contributed by atoms with Crippen molar-refractivity contribution in [2.24, 2.45) is 0 Å². The third-order valence-corrected chi connectivity index (χ3v) is 2.62. The number of urea groups is 1. The number of esters is 1. The molecule has 9 heteroatoms. The molecule has 1 aromatic carbocycles. The van der Waals surface area contributed by atoms with Gasteiger partial charge in [0, 0.05) is 18.2 Å². The van der Waals surface area contributed by atoms with Crippen molar-refractivity contribution in [2.75, 3.05) is 13.2 Å². The SMILES string of the molecule is C=CCNC(=O)NC(=O)COC(=O)c1ccc([N+](=O)[O-])c(C)c1. The lowest BCUT2D eigenvalue weighted by Crippen LogP contribution is -2.41. The maximum atomic E-state index is 11.8. The predicted molar refractivity (Wildman–Crippen MR) is 79.9 cm³/mol. The number of benzene rings is 1. The topological polar surface area (TPSA) is 128 Å². The second kappa shape index (κ2) is 8.27. The molecule has 1 rings (SSSR count). The molecule has 0 saturated carbocycles. The predicted octanol–water partition coefficient (Wildman–Crippen LogP) is 1.07. The zero-order chi connectivity index (χ0) is 17.4. The van der Waals surface area contributed by atoms with Crippen molar-refractivity contribution in [1.82, 2.24) is 10.6 Å². The molecule has 1 aromatic rings. The lowest BCUT2D eigenvalue weighted by Gasteiger charge is -2.07. The molecule has 122 valence electrons. The molecule has 0 aliphatic carbocycles. The van der Waals surface area contributed by atoms with E-state index in [4.69, 9.17) is 4.74 Å². The quantitative estimate of drug-likeness (QED) is 0.349. The zero-order valence-corrected chi connectivity index (χ0v) is 12.3. The summed E-state index contributed by atoms with van der Waals surface area (Å²) < 4.78 is 4.73. The van der Waals surface area contributed by atoms with Gasteiger partial charge >= 0.3 is 12.0 Å². The van der Waals surface area contributed by atoms with Gasteiger partial charge in [0.1, 0.15) is 0 Å². The largest absolute Gasteiger partial charge is 0.452 e. The van der Waals surface area contributed by atoms with E-state index in [0.717, 1.165) is 0 Å². The van der Waals surface area contributed by atoms with Crippen LogP contribution in [-0.4, -0.2) is 36.0 Å². The summed E-state index contributed by atoms with van der Waals surface area (Å²) >= 11 is 0. The van der Waals surface area contributed by atoms with Gasteiger partial charge in [-0.15, -0.1) is 6.58 Å². The van der Waals surface area contributed by atoms with E-state index >= 15 is 0 Å². The Morgan fingerprint density at radius 2 is 2.09 bits per heavy atom. The van der Waals surface area contributed by atoms with Crippen molar-refractivity contribution in [3.05, 3.63) is 52.1 Å². The van der Waals surface area contributed by atoms with Crippen LogP contribution in [0, 0.1) is 17.0 Å². The van der Waals surface area contributed by atoms with Gasteiger partial charge < -0.3 is 10.1 Å². The van der Waals surface area contributed by atoms with Gasteiger partial charge in [-0.05, 0) is 19.1 Å². The van der Waals surface area contributed by atoms with Gasteiger partial charge in [-0.1, -0.05) is 6.08 Å². The minimum Gasteiger partial charge on any atom is -0.452 e. The van der Waals surface area contributed by atoms with Crippen molar-refractivity contribution >= 4 is 23.6 Å². The third kappa shape index (κ3) is 5.58. The number of hydrogen-bond acceptors (Lipinski definition) is 6. The first-order valence-electron chi connectivity index (χ1n) is 6.46. The first-order valence-corrected chi connectivity index (χ1v) is 6.46. The minimum absolute atomic E-state index is 0.0667. The van der Waals surface area contributed by atoms with Crippen LogP contribution in [-0.2, 0) is 9.53 Å². The van der Waals surface area contributed by atoms with E-state index in [0.29, 0.717) is 0 Å². The number of carbonyl (C=O) groups is 3. The summed E-state index contributed by atoms with van der Waals surface area (Å²) in [7, 11) is 0. The number of nitro benzene ring substituents is 1. The maximum Gasteiger partial charge on any atom is 0.338 e. The number of amides is 3. The van der Waals surface area contributed by atoms with Crippen molar-refractivity contribution in [3.63, 3.8) is 0 Å². The fraction of sp³-hybridized carbons (Fsp3) is 0.214. The molecule has 0 unspecified atom stereocenters. The Morgan fingerprint density at radius 1 is 1.39 bits per heavy atom. The first kappa shape index (κ1) is 17.8. The number of nitro groups is 1. The molecule has 0 aliphatic rings. The minimum atomic E-state index is -0.829. The number of nitrogens with one attached hydrogen (secondary N) is 2. The van der Waals surface area contributed by atoms with Crippen LogP contribution < -0.4 is 10.6 Å². The third-order valence-electron chi connectivity index (χ3n) is 2.62. The second-order valence-electron chi connectivity index (χ2n) is 4.38. The van der Waals surface area contributed by atoms with Crippen molar-refractivity contribution < 1.29 is 24.0 Å². The monoisotopic (exact) mass is 321 g/mol. The van der Waals surface area contributed by atoms with Crippen LogP contribution in [0.1, 0.15) is 15.9 Å². The van der Waals surface area contributed by atoms with E-state index in [1.165, 1.54) is 31.2 Å². The molecule has 0 heterocycles. The molecule has 0 radical (unpaired) electrons. The van der Waals surface area contributed by atoms with Crippen LogP contribution in [0.2, 0.25) is 0 Å². The summed E-state index contributed by atoms with van der Waals surface area (Å²) in [5.74, 6) is -1.64. The van der Waals surface area contributed by atoms with Gasteiger partial charge in [0.2, 0.25) is 0 Å². The Balaban J connectivity index is 2.55. The van der Waals surface area contributed by atoms with E-state index in [-0.39, 0.29) is 23.4 Å². The zero-order valence-electron chi connectivity index (χ0n) is 12.3. The van der Waals surface area contributed by atoms with E-state index < -0.39 is 29.4 Å². The van der Waals surface area contributed by atoms with Gasteiger partial charge in [0.05, 0.1) is 10.5 Å². The molecule has 0 bridgehead atoms. The highest BCUT2D eigenvalue weighted by Crippen LogP contribution is 2.19. The Labute approximate surface area is 131 Å². The standard InChI is InChI=1S/C14H15N3O6/c1-3-6-15-14(20)16-12(18)8-23-13(19)10-4-5-11(17(21)22)9(2)7-10/h3-5,7H,1,6,8H2,2H3,(H2,15,16,18,20). The summed E-state index contributed by atoms with van der Waals surface area (Å²) in [6.45, 7) is 4.39. The highest BCUT2D eigenvalue weighted by atomic mass is 16.6. The maximum absolute atomic E-state index is 11.8. The van der Waals surface area contributed by atoms with Crippen LogP contribution in [0.4, 0.5) is 10.5 Å². The normalized spacial score (nSPS) is 9.61. The Kier molecular flexibility index (Phi) is 6.41. The highest BCUT2D eigenvalue weighted by Gasteiger charge is 2.16. The summed E-state index contributed by atoms with van der Waals surface area (Å²) in [4.78, 5) is 44.4. The molecule has 0 atom stereocenters. The molecule has 0 fully saturated rings. The smallest absolute Gasteiger partial charge is 0.338 e. The van der Waals surface area contributed by atoms with Crippen molar-refractivity contribution in [3.8, 4) is 0 Å².